The highest BCUT2D eigenvalue weighted by Crippen LogP contribution is 2.22. The molecule has 1 saturated carbocycles. The van der Waals surface area contributed by atoms with Gasteiger partial charge in [0.15, 0.2) is 0 Å². The quantitative estimate of drug-likeness (QED) is 0.323. The van der Waals surface area contributed by atoms with Crippen LogP contribution in [0.25, 0.3) is 0 Å². The third-order valence-electron chi connectivity index (χ3n) is 2.64. The summed E-state index contributed by atoms with van der Waals surface area (Å²) >= 11 is 2.91. The number of hydrogen-bond donors (Lipinski definition) is 0. The molecule has 5 nitrogen and oxygen atoms in total. The first-order chi connectivity index (χ1) is 7.65. The Morgan fingerprint density at radius 3 is 1.62 bits per heavy atom. The molecule has 1 aliphatic heterocycles. The Bertz CT molecular complexity index is 203. The zero-order valence-electron chi connectivity index (χ0n) is 9.32. The van der Waals surface area contributed by atoms with Crippen LogP contribution in [0.2, 0.25) is 0 Å². The summed E-state index contributed by atoms with van der Waals surface area (Å²) in [4.78, 5) is 9.82. The van der Waals surface area contributed by atoms with E-state index in [0.29, 0.717) is 0 Å². The first kappa shape index (κ1) is 13.9. The van der Waals surface area contributed by atoms with Gasteiger partial charge in [-0.1, -0.05) is 38.5 Å². The van der Waals surface area contributed by atoms with Crippen LogP contribution in [0, 0.1) is 10.1 Å². The number of nitro groups is 1. The first-order valence-electron chi connectivity index (χ1n) is 5.64. The molecule has 2 rings (SSSR count). The first-order valence-corrected chi connectivity index (χ1v) is 6.43. The van der Waals surface area contributed by atoms with Crippen molar-refractivity contribution in [1.29, 1.82) is 0 Å². The predicted octanol–water partition coefficient (Wildman–Crippen LogP) is 2.70. The average molecular weight is 296 g/mol. The molecule has 0 spiro atoms. The molecule has 0 amide bonds. The predicted molar refractivity (Wildman–Crippen MR) is 63.1 cm³/mol. The Labute approximate surface area is 104 Å². The summed E-state index contributed by atoms with van der Waals surface area (Å²) in [6.45, 7) is 0.251. The molecular weight excluding hydrogens is 278 g/mol. The Kier molecular flexibility index (Phi) is 6.23. The lowest BCUT2D eigenvalue weighted by atomic mass is 10.0. The molecular formula is C10H18BrNO4. The van der Waals surface area contributed by atoms with Crippen molar-refractivity contribution in [3.05, 3.63) is 10.1 Å². The second kappa shape index (κ2) is 7.19. The van der Waals surface area contributed by atoms with E-state index in [4.69, 9.17) is 9.47 Å². The third kappa shape index (κ3) is 4.76. The van der Waals surface area contributed by atoms with Gasteiger partial charge in [-0.25, -0.2) is 0 Å². The molecule has 0 bridgehead atoms. The van der Waals surface area contributed by atoms with Crippen molar-refractivity contribution in [2.24, 2.45) is 0 Å². The summed E-state index contributed by atoms with van der Waals surface area (Å²) in [5, 5.41) is 10.3. The number of ether oxygens (including phenoxy) is 2. The van der Waals surface area contributed by atoms with E-state index in [1.807, 2.05) is 0 Å². The van der Waals surface area contributed by atoms with E-state index < -0.39 is 9.37 Å². The molecule has 1 heterocycles. The largest absolute Gasteiger partial charge is 0.347 e. The Morgan fingerprint density at radius 1 is 1.00 bits per heavy atom. The third-order valence-corrected chi connectivity index (χ3v) is 3.39. The smallest absolute Gasteiger partial charge is 0.320 e. The number of rotatable bonds is 1. The van der Waals surface area contributed by atoms with Crippen LogP contribution in [-0.4, -0.2) is 29.4 Å². The molecule has 0 aromatic carbocycles. The van der Waals surface area contributed by atoms with Crippen molar-refractivity contribution >= 4 is 15.9 Å². The maximum atomic E-state index is 10.3. The highest BCUT2D eigenvalue weighted by atomic mass is 79.9. The molecule has 2 fully saturated rings. The normalized spacial score (nSPS) is 24.1. The van der Waals surface area contributed by atoms with Gasteiger partial charge in [0.05, 0.1) is 0 Å². The minimum atomic E-state index is -1.23. The van der Waals surface area contributed by atoms with E-state index in [-0.39, 0.29) is 20.0 Å². The summed E-state index contributed by atoms with van der Waals surface area (Å²) < 4.78 is 8.24. The maximum absolute atomic E-state index is 10.3. The van der Waals surface area contributed by atoms with Gasteiger partial charge in [-0.05, 0) is 0 Å². The van der Waals surface area contributed by atoms with Gasteiger partial charge in [0.25, 0.3) is 0 Å². The average Bonchev–Trinajstić information content (AvgIpc) is 2.33. The van der Waals surface area contributed by atoms with Crippen molar-refractivity contribution < 1.29 is 14.4 Å². The topological polar surface area (TPSA) is 61.6 Å². The van der Waals surface area contributed by atoms with Crippen LogP contribution in [0.15, 0.2) is 0 Å². The van der Waals surface area contributed by atoms with Crippen molar-refractivity contribution in [1.82, 2.24) is 0 Å². The molecule has 0 radical (unpaired) electrons. The van der Waals surface area contributed by atoms with Crippen molar-refractivity contribution in [2.45, 2.75) is 43.0 Å². The number of nitrogens with zero attached hydrogens (tertiary/aromatic N) is 1. The van der Waals surface area contributed by atoms with Gasteiger partial charge in [0.2, 0.25) is 0 Å². The molecule has 0 N–H and O–H groups in total. The molecule has 1 saturated heterocycles. The Hall–Kier alpha value is -0.200. The molecule has 0 atom stereocenters. The maximum Gasteiger partial charge on any atom is 0.320 e. The molecule has 0 aromatic heterocycles. The summed E-state index contributed by atoms with van der Waals surface area (Å²) in [6, 6.07) is 0. The van der Waals surface area contributed by atoms with Gasteiger partial charge < -0.3 is 9.47 Å². The molecule has 0 unspecified atom stereocenters. The number of halogens is 1. The highest BCUT2D eigenvalue weighted by Gasteiger charge is 2.43. The van der Waals surface area contributed by atoms with Crippen LogP contribution >= 0.6 is 15.9 Å². The van der Waals surface area contributed by atoms with Gasteiger partial charge in [-0.15, -0.1) is 0 Å². The second-order valence-electron chi connectivity index (χ2n) is 4.11. The van der Waals surface area contributed by atoms with E-state index in [1.165, 1.54) is 38.5 Å². The van der Waals surface area contributed by atoms with E-state index >= 15 is 0 Å². The fraction of sp³-hybridized carbons (Fsp3) is 1.00. The van der Waals surface area contributed by atoms with Gasteiger partial charge in [0, 0.05) is 20.9 Å². The monoisotopic (exact) mass is 295 g/mol. The molecule has 0 aromatic rings. The molecule has 6 heteroatoms. The van der Waals surface area contributed by atoms with Crippen LogP contribution in [0.1, 0.15) is 38.5 Å². The minimum absolute atomic E-state index is 0.0556. The number of alkyl halides is 1. The van der Waals surface area contributed by atoms with Crippen LogP contribution in [0.3, 0.4) is 0 Å². The highest BCUT2D eigenvalue weighted by molar-refractivity contribution is 9.10. The zero-order valence-corrected chi connectivity index (χ0v) is 10.9. The van der Waals surface area contributed by atoms with E-state index in [2.05, 4.69) is 15.9 Å². The summed E-state index contributed by atoms with van der Waals surface area (Å²) in [5.41, 5.74) is 0. The van der Waals surface area contributed by atoms with Crippen molar-refractivity contribution in [3.8, 4) is 0 Å². The molecule has 2 aliphatic rings. The molecule has 1 aliphatic carbocycles. The zero-order chi connectivity index (χ0) is 11.9. The fourth-order valence-corrected chi connectivity index (χ4v) is 1.99. The van der Waals surface area contributed by atoms with Gasteiger partial charge in [-0.3, -0.25) is 10.1 Å². The van der Waals surface area contributed by atoms with Crippen LogP contribution < -0.4 is 0 Å². The van der Waals surface area contributed by atoms with Crippen LogP contribution in [0.4, 0.5) is 0 Å². The Morgan fingerprint density at radius 2 is 1.38 bits per heavy atom. The molecule has 16 heavy (non-hydrogen) atoms. The van der Waals surface area contributed by atoms with E-state index in [0.717, 1.165) is 0 Å². The van der Waals surface area contributed by atoms with E-state index in [1.54, 1.807) is 0 Å². The minimum Gasteiger partial charge on any atom is -0.347 e. The SMILES string of the molecule is C1CCCCC1.O=[N+]([O-])C1(Br)COCOC1. The fourth-order valence-electron chi connectivity index (χ4n) is 1.66. The second-order valence-corrected chi connectivity index (χ2v) is 5.59. The lowest BCUT2D eigenvalue weighted by Crippen LogP contribution is -2.45. The van der Waals surface area contributed by atoms with Crippen LogP contribution in [0.5, 0.6) is 0 Å². The Balaban J connectivity index is 0.000000181. The lowest BCUT2D eigenvalue weighted by molar-refractivity contribution is -0.552. The van der Waals surface area contributed by atoms with Gasteiger partial charge in [-0.2, -0.15) is 0 Å². The lowest BCUT2D eigenvalue weighted by Gasteiger charge is -2.23. The van der Waals surface area contributed by atoms with E-state index in [9.17, 15) is 10.1 Å². The summed E-state index contributed by atoms with van der Waals surface area (Å²) in [5.74, 6) is 0. The summed E-state index contributed by atoms with van der Waals surface area (Å²) in [7, 11) is 0. The van der Waals surface area contributed by atoms with Gasteiger partial charge >= 0.3 is 4.45 Å². The van der Waals surface area contributed by atoms with Crippen molar-refractivity contribution in [3.63, 3.8) is 0 Å². The number of hydrogen-bond acceptors (Lipinski definition) is 4. The summed E-state index contributed by atoms with van der Waals surface area (Å²) in [6.07, 6.45) is 9.00. The standard InChI is InChI=1S/C6H12.C4H6BrNO4/c1-2-4-6-5-3-1;5-4(6(7)8)1-9-3-10-2-4/h1-6H2;1-3H2. The van der Waals surface area contributed by atoms with Crippen molar-refractivity contribution in [2.75, 3.05) is 20.0 Å². The van der Waals surface area contributed by atoms with Gasteiger partial charge in [0.1, 0.15) is 20.0 Å². The van der Waals surface area contributed by atoms with Crippen LogP contribution in [-0.2, 0) is 9.47 Å². The molecule has 94 valence electrons.